The first kappa shape index (κ1) is 21.7. The average Bonchev–Trinajstić information content (AvgIpc) is 3.54. The first-order valence-electron chi connectivity index (χ1n) is 11.0. The highest BCUT2D eigenvalue weighted by Crippen LogP contribution is 2.32. The first-order chi connectivity index (χ1) is 16.5. The molecule has 0 saturated carbocycles. The van der Waals surface area contributed by atoms with Crippen molar-refractivity contribution in [2.45, 2.75) is 25.5 Å². The van der Waals surface area contributed by atoms with Crippen molar-refractivity contribution >= 4 is 22.8 Å². The van der Waals surface area contributed by atoms with E-state index in [0.29, 0.717) is 36.1 Å². The van der Waals surface area contributed by atoms with E-state index in [4.69, 9.17) is 9.15 Å². The summed E-state index contributed by atoms with van der Waals surface area (Å²) >= 11 is 0. The van der Waals surface area contributed by atoms with E-state index in [0.717, 1.165) is 16.7 Å². The third-order valence-corrected chi connectivity index (χ3v) is 6.11. The Morgan fingerprint density at radius 2 is 1.91 bits per heavy atom. The molecular weight excluding hydrogens is 437 g/mol. The van der Waals surface area contributed by atoms with E-state index in [1.807, 2.05) is 30.3 Å². The average molecular weight is 459 g/mol. The van der Waals surface area contributed by atoms with Gasteiger partial charge in [-0.3, -0.25) is 4.79 Å². The van der Waals surface area contributed by atoms with Gasteiger partial charge >= 0.3 is 5.97 Å². The number of carbonyl (C=O) groups is 2. The maximum Gasteiger partial charge on any atom is 0.326 e. The molecule has 172 valence electrons. The largest absolute Gasteiger partial charge is 0.489 e. The van der Waals surface area contributed by atoms with Crippen molar-refractivity contribution in [3.05, 3.63) is 89.9 Å². The summed E-state index contributed by atoms with van der Waals surface area (Å²) < 4.78 is 25.0. The zero-order valence-electron chi connectivity index (χ0n) is 18.2. The molecule has 1 fully saturated rings. The number of furan rings is 1. The summed E-state index contributed by atoms with van der Waals surface area (Å²) in [6, 6.07) is 18.6. The molecule has 0 radical (unpaired) electrons. The third-order valence-electron chi connectivity index (χ3n) is 6.11. The minimum Gasteiger partial charge on any atom is -0.489 e. The van der Waals surface area contributed by atoms with Gasteiger partial charge in [-0.25, -0.2) is 9.18 Å². The van der Waals surface area contributed by atoms with E-state index < -0.39 is 17.8 Å². The highest BCUT2D eigenvalue weighted by molar-refractivity contribution is 5.97. The van der Waals surface area contributed by atoms with Gasteiger partial charge in [-0.15, -0.1) is 0 Å². The van der Waals surface area contributed by atoms with Crippen molar-refractivity contribution < 1.29 is 28.2 Å². The Labute approximate surface area is 195 Å². The number of benzene rings is 3. The number of hydrogen-bond acceptors (Lipinski definition) is 4. The summed E-state index contributed by atoms with van der Waals surface area (Å²) in [6.07, 6.45) is 2.63. The van der Waals surface area contributed by atoms with Crippen LogP contribution in [0.5, 0.6) is 5.75 Å². The van der Waals surface area contributed by atoms with Crippen LogP contribution in [0.15, 0.2) is 77.4 Å². The quantitative estimate of drug-likeness (QED) is 0.411. The summed E-state index contributed by atoms with van der Waals surface area (Å²) in [6.45, 7) is 0.702. The zero-order chi connectivity index (χ0) is 23.7. The van der Waals surface area contributed by atoms with Gasteiger partial charge in [-0.1, -0.05) is 30.3 Å². The van der Waals surface area contributed by atoms with Crippen LogP contribution >= 0.6 is 0 Å². The third kappa shape index (κ3) is 4.12. The molecule has 1 aliphatic heterocycles. The van der Waals surface area contributed by atoms with Gasteiger partial charge in [0.1, 0.15) is 18.4 Å². The van der Waals surface area contributed by atoms with E-state index in [-0.39, 0.29) is 18.1 Å². The van der Waals surface area contributed by atoms with E-state index in [1.54, 1.807) is 30.3 Å². The number of nitrogens with zero attached hydrogens (tertiary/aromatic N) is 1. The van der Waals surface area contributed by atoms with E-state index in [9.17, 15) is 19.1 Å². The lowest BCUT2D eigenvalue weighted by atomic mass is 10.0. The Kier molecular flexibility index (Phi) is 5.76. The topological polar surface area (TPSA) is 80.0 Å². The van der Waals surface area contributed by atoms with Gasteiger partial charge in [0.05, 0.1) is 6.26 Å². The predicted octanol–water partition coefficient (Wildman–Crippen LogP) is 5.51. The van der Waals surface area contributed by atoms with Crippen LogP contribution in [0.25, 0.3) is 22.1 Å². The van der Waals surface area contributed by atoms with Crippen LogP contribution in [0.3, 0.4) is 0 Å². The normalized spacial score (nSPS) is 15.6. The van der Waals surface area contributed by atoms with Gasteiger partial charge in [0, 0.05) is 17.5 Å². The number of ether oxygens (including phenoxy) is 1. The van der Waals surface area contributed by atoms with Crippen LogP contribution in [0.4, 0.5) is 4.39 Å². The number of amides is 1. The highest BCUT2D eigenvalue weighted by atomic mass is 19.1. The molecule has 34 heavy (non-hydrogen) atoms. The van der Waals surface area contributed by atoms with Crippen molar-refractivity contribution in [3.8, 4) is 16.9 Å². The fourth-order valence-corrected chi connectivity index (χ4v) is 4.40. The van der Waals surface area contributed by atoms with Gasteiger partial charge in [0.15, 0.2) is 11.4 Å². The summed E-state index contributed by atoms with van der Waals surface area (Å²) in [4.78, 5) is 25.7. The summed E-state index contributed by atoms with van der Waals surface area (Å²) in [7, 11) is 0. The van der Waals surface area contributed by atoms with Crippen LogP contribution in [-0.4, -0.2) is 34.5 Å². The molecule has 1 saturated heterocycles. The second-order valence-electron chi connectivity index (χ2n) is 8.27. The lowest BCUT2D eigenvalue weighted by Gasteiger charge is -2.21. The van der Waals surface area contributed by atoms with E-state index in [1.165, 1.54) is 17.2 Å². The number of aliphatic carboxylic acids is 1. The predicted molar refractivity (Wildman–Crippen MR) is 124 cm³/mol. The molecular formula is C27H22FNO5. The molecule has 0 aliphatic carbocycles. The molecule has 1 N–H and O–H groups in total. The van der Waals surface area contributed by atoms with Gasteiger partial charge in [0.2, 0.25) is 0 Å². The van der Waals surface area contributed by atoms with E-state index >= 15 is 0 Å². The molecule has 5 rings (SSSR count). The molecule has 0 spiro atoms. The van der Waals surface area contributed by atoms with Gasteiger partial charge in [0.25, 0.3) is 5.91 Å². The number of likely N-dealkylation sites (tertiary alicyclic amines) is 1. The fraction of sp³-hybridized carbons (Fsp3) is 0.185. The summed E-state index contributed by atoms with van der Waals surface area (Å²) in [5, 5.41) is 10.1. The minimum absolute atomic E-state index is 0.232. The van der Waals surface area contributed by atoms with E-state index in [2.05, 4.69) is 0 Å². The highest BCUT2D eigenvalue weighted by Gasteiger charge is 2.34. The maximum atomic E-state index is 13.9. The lowest BCUT2D eigenvalue weighted by Crippen LogP contribution is -2.40. The first-order valence-corrected chi connectivity index (χ1v) is 11.0. The van der Waals surface area contributed by atoms with Crippen LogP contribution < -0.4 is 4.74 Å². The lowest BCUT2D eigenvalue weighted by molar-refractivity contribution is -0.141. The number of hydrogen-bond donors (Lipinski definition) is 1. The van der Waals surface area contributed by atoms with Crippen molar-refractivity contribution in [1.82, 2.24) is 4.90 Å². The molecule has 2 heterocycles. The molecule has 1 amide bonds. The number of carbonyl (C=O) groups excluding carboxylic acids is 1. The Hall–Kier alpha value is -4.13. The van der Waals surface area contributed by atoms with Crippen LogP contribution in [0.2, 0.25) is 0 Å². The van der Waals surface area contributed by atoms with Crippen LogP contribution in [0.1, 0.15) is 28.8 Å². The van der Waals surface area contributed by atoms with Crippen molar-refractivity contribution in [1.29, 1.82) is 0 Å². The molecule has 7 heteroatoms. The number of fused-ring (bicyclic) bond motifs is 1. The standard InChI is InChI=1S/C27H22FNO5/c28-23-11-10-21(22-12-14-33-25(22)23)18-6-8-20(9-7-18)34-16-17-3-1-4-19(15-17)26(30)29-13-2-5-24(29)27(31)32/h1,3-4,6-12,14-15,24H,2,5,13,16H2,(H,31,32)/t24-/m0/s1. The van der Waals surface area contributed by atoms with Crippen molar-refractivity contribution in [2.75, 3.05) is 6.54 Å². The molecule has 6 nitrogen and oxygen atoms in total. The monoisotopic (exact) mass is 459 g/mol. The van der Waals surface area contributed by atoms with Gasteiger partial charge in [-0.2, -0.15) is 0 Å². The number of carboxylic acid groups (broad SMARTS) is 1. The molecule has 3 aromatic carbocycles. The van der Waals surface area contributed by atoms with Crippen molar-refractivity contribution in [3.63, 3.8) is 0 Å². The molecule has 0 unspecified atom stereocenters. The summed E-state index contributed by atoms with van der Waals surface area (Å²) in [5.74, 6) is -0.993. The zero-order valence-corrected chi connectivity index (χ0v) is 18.2. The maximum absolute atomic E-state index is 13.9. The number of halogens is 1. The second kappa shape index (κ2) is 9.02. The van der Waals surface area contributed by atoms with Gasteiger partial charge < -0.3 is 19.2 Å². The molecule has 1 aromatic heterocycles. The van der Waals surface area contributed by atoms with Crippen LogP contribution in [0, 0.1) is 5.82 Å². The summed E-state index contributed by atoms with van der Waals surface area (Å²) in [5.41, 5.74) is 3.26. The Bertz CT molecular complexity index is 1360. The minimum atomic E-state index is -0.970. The van der Waals surface area contributed by atoms with Crippen LogP contribution in [-0.2, 0) is 11.4 Å². The Balaban J connectivity index is 1.28. The Morgan fingerprint density at radius 1 is 1.09 bits per heavy atom. The molecule has 0 bridgehead atoms. The van der Waals surface area contributed by atoms with Crippen molar-refractivity contribution in [2.24, 2.45) is 0 Å². The van der Waals surface area contributed by atoms with Gasteiger partial charge in [-0.05, 0) is 65.9 Å². The smallest absolute Gasteiger partial charge is 0.326 e. The second-order valence-corrected chi connectivity index (χ2v) is 8.27. The number of carboxylic acids is 1. The molecule has 4 aromatic rings. The Morgan fingerprint density at radius 3 is 2.71 bits per heavy atom. The molecule has 1 atom stereocenters. The SMILES string of the molecule is O=C(O)[C@@H]1CCCN1C(=O)c1cccc(COc2ccc(-c3ccc(F)c4occc34)cc2)c1. The fourth-order valence-electron chi connectivity index (χ4n) is 4.40. The molecule has 1 aliphatic rings. The number of rotatable bonds is 6.